The summed E-state index contributed by atoms with van der Waals surface area (Å²) in [6, 6.07) is 9.91. The summed E-state index contributed by atoms with van der Waals surface area (Å²) in [5.41, 5.74) is 7.82. The Morgan fingerprint density at radius 1 is 1.20 bits per heavy atom. The number of halogens is 1. The van der Waals surface area contributed by atoms with Gasteiger partial charge in [-0.2, -0.15) is 5.26 Å². The molecule has 0 heterocycles. The summed E-state index contributed by atoms with van der Waals surface area (Å²) >= 11 is 0. The van der Waals surface area contributed by atoms with Crippen LogP contribution in [-0.4, -0.2) is 0 Å². The molecule has 0 aromatic heterocycles. The summed E-state index contributed by atoms with van der Waals surface area (Å²) in [6.07, 6.45) is 4.36. The van der Waals surface area contributed by atoms with Crippen molar-refractivity contribution in [1.29, 1.82) is 5.26 Å². The molecule has 1 fully saturated rings. The SMILES string of the molecule is Cl.N#Cc1ccccc1C1(N)CCCC1. The topological polar surface area (TPSA) is 49.8 Å². The average molecular weight is 223 g/mol. The largest absolute Gasteiger partial charge is 0.321 e. The lowest BCUT2D eigenvalue weighted by Gasteiger charge is -2.25. The number of rotatable bonds is 1. The van der Waals surface area contributed by atoms with Gasteiger partial charge in [-0.25, -0.2) is 0 Å². The summed E-state index contributed by atoms with van der Waals surface area (Å²) in [6.45, 7) is 0. The fourth-order valence-corrected chi connectivity index (χ4v) is 2.29. The first-order chi connectivity index (χ1) is 6.76. The van der Waals surface area contributed by atoms with Gasteiger partial charge in [0.25, 0.3) is 0 Å². The van der Waals surface area contributed by atoms with E-state index in [4.69, 9.17) is 11.0 Å². The van der Waals surface area contributed by atoms with Crippen LogP contribution in [0.2, 0.25) is 0 Å². The molecule has 2 nitrogen and oxygen atoms in total. The van der Waals surface area contributed by atoms with Crippen LogP contribution in [-0.2, 0) is 5.54 Å². The molecule has 0 saturated heterocycles. The molecule has 0 unspecified atom stereocenters. The zero-order valence-electron chi connectivity index (χ0n) is 8.57. The molecule has 0 amide bonds. The average Bonchev–Trinajstić information content (AvgIpc) is 2.66. The Morgan fingerprint density at radius 2 is 1.80 bits per heavy atom. The molecule has 3 heteroatoms. The van der Waals surface area contributed by atoms with Crippen molar-refractivity contribution in [2.75, 3.05) is 0 Å². The number of nitrogens with two attached hydrogens (primary N) is 1. The molecule has 0 aliphatic heterocycles. The third-order valence-electron chi connectivity index (χ3n) is 3.08. The number of nitrogens with zero attached hydrogens (tertiary/aromatic N) is 1. The molecular formula is C12H15ClN2. The Morgan fingerprint density at radius 3 is 2.40 bits per heavy atom. The highest BCUT2D eigenvalue weighted by molar-refractivity contribution is 5.85. The van der Waals surface area contributed by atoms with Crippen molar-refractivity contribution in [3.05, 3.63) is 35.4 Å². The van der Waals surface area contributed by atoms with Gasteiger partial charge >= 0.3 is 0 Å². The van der Waals surface area contributed by atoms with Crippen LogP contribution in [0.5, 0.6) is 0 Å². The van der Waals surface area contributed by atoms with E-state index in [0.717, 1.165) is 24.0 Å². The minimum absolute atomic E-state index is 0. The highest BCUT2D eigenvalue weighted by Gasteiger charge is 2.32. The van der Waals surface area contributed by atoms with Crippen LogP contribution in [0.3, 0.4) is 0 Å². The lowest BCUT2D eigenvalue weighted by molar-refractivity contribution is 0.460. The Bertz CT molecular complexity index is 375. The molecular weight excluding hydrogens is 208 g/mol. The molecule has 1 aromatic rings. The molecule has 1 aliphatic carbocycles. The fourth-order valence-electron chi connectivity index (χ4n) is 2.29. The van der Waals surface area contributed by atoms with Gasteiger partial charge < -0.3 is 5.73 Å². The van der Waals surface area contributed by atoms with Gasteiger partial charge in [0.05, 0.1) is 11.6 Å². The van der Waals surface area contributed by atoms with Crippen LogP contribution >= 0.6 is 12.4 Å². The van der Waals surface area contributed by atoms with E-state index < -0.39 is 0 Å². The Balaban J connectivity index is 0.00000112. The molecule has 1 aliphatic rings. The summed E-state index contributed by atoms with van der Waals surface area (Å²) in [7, 11) is 0. The standard InChI is InChI=1S/C12H14N2.ClH/c13-9-10-5-1-2-6-11(10)12(14)7-3-4-8-12;/h1-2,5-6H,3-4,7-8,14H2;1H. The maximum absolute atomic E-state index is 8.99. The molecule has 0 bridgehead atoms. The number of hydrogen-bond acceptors (Lipinski definition) is 2. The summed E-state index contributed by atoms with van der Waals surface area (Å²) in [4.78, 5) is 0. The maximum Gasteiger partial charge on any atom is 0.0995 e. The van der Waals surface area contributed by atoms with Gasteiger partial charge in [-0.15, -0.1) is 12.4 Å². The van der Waals surface area contributed by atoms with E-state index in [-0.39, 0.29) is 17.9 Å². The van der Waals surface area contributed by atoms with E-state index in [1.807, 2.05) is 24.3 Å². The van der Waals surface area contributed by atoms with E-state index in [2.05, 4.69) is 6.07 Å². The quantitative estimate of drug-likeness (QED) is 0.794. The second kappa shape index (κ2) is 4.65. The van der Waals surface area contributed by atoms with E-state index in [1.165, 1.54) is 12.8 Å². The van der Waals surface area contributed by atoms with Crippen molar-refractivity contribution < 1.29 is 0 Å². The highest BCUT2D eigenvalue weighted by Crippen LogP contribution is 2.37. The normalized spacial score (nSPS) is 17.9. The zero-order chi connectivity index (χ0) is 10.0. The molecule has 1 saturated carbocycles. The lowest BCUT2D eigenvalue weighted by atomic mass is 9.86. The second-order valence-corrected chi connectivity index (χ2v) is 4.02. The molecule has 0 atom stereocenters. The van der Waals surface area contributed by atoms with Crippen LogP contribution in [0.15, 0.2) is 24.3 Å². The van der Waals surface area contributed by atoms with Gasteiger partial charge in [0, 0.05) is 5.54 Å². The molecule has 2 N–H and O–H groups in total. The van der Waals surface area contributed by atoms with E-state index in [9.17, 15) is 0 Å². The van der Waals surface area contributed by atoms with Crippen LogP contribution in [0.25, 0.3) is 0 Å². The first kappa shape index (κ1) is 12.0. The Labute approximate surface area is 96.5 Å². The molecule has 1 aromatic carbocycles. The first-order valence-electron chi connectivity index (χ1n) is 5.05. The number of benzene rings is 1. The third kappa shape index (κ3) is 2.14. The van der Waals surface area contributed by atoms with Gasteiger partial charge in [-0.3, -0.25) is 0 Å². The molecule has 0 radical (unpaired) electrons. The van der Waals surface area contributed by atoms with E-state index >= 15 is 0 Å². The monoisotopic (exact) mass is 222 g/mol. The van der Waals surface area contributed by atoms with Gasteiger partial charge in [0.1, 0.15) is 0 Å². The van der Waals surface area contributed by atoms with Crippen molar-refractivity contribution >= 4 is 12.4 Å². The van der Waals surface area contributed by atoms with Gasteiger partial charge in [0.15, 0.2) is 0 Å². The minimum atomic E-state index is -0.244. The van der Waals surface area contributed by atoms with Crippen LogP contribution in [0.1, 0.15) is 36.8 Å². The number of nitriles is 1. The van der Waals surface area contributed by atoms with Gasteiger partial charge in [-0.05, 0) is 24.5 Å². The van der Waals surface area contributed by atoms with Gasteiger partial charge in [0.2, 0.25) is 0 Å². The van der Waals surface area contributed by atoms with E-state index in [0.29, 0.717) is 0 Å². The Hall–Kier alpha value is -1.04. The third-order valence-corrected chi connectivity index (χ3v) is 3.08. The number of hydrogen-bond donors (Lipinski definition) is 1. The fraction of sp³-hybridized carbons (Fsp3) is 0.417. The summed E-state index contributed by atoms with van der Waals surface area (Å²) in [5.74, 6) is 0. The van der Waals surface area contributed by atoms with Crippen molar-refractivity contribution in [1.82, 2.24) is 0 Å². The second-order valence-electron chi connectivity index (χ2n) is 4.02. The first-order valence-corrected chi connectivity index (χ1v) is 5.05. The molecule has 2 rings (SSSR count). The molecule has 0 spiro atoms. The molecule has 15 heavy (non-hydrogen) atoms. The highest BCUT2D eigenvalue weighted by atomic mass is 35.5. The predicted octanol–water partition coefficient (Wildman–Crippen LogP) is 2.71. The van der Waals surface area contributed by atoms with Gasteiger partial charge in [-0.1, -0.05) is 31.0 Å². The summed E-state index contributed by atoms with van der Waals surface area (Å²) < 4.78 is 0. The molecule has 80 valence electrons. The minimum Gasteiger partial charge on any atom is -0.321 e. The smallest absolute Gasteiger partial charge is 0.0995 e. The predicted molar refractivity (Wildman–Crippen MR) is 62.7 cm³/mol. The Kier molecular flexibility index (Phi) is 3.73. The van der Waals surface area contributed by atoms with Crippen LogP contribution < -0.4 is 5.73 Å². The van der Waals surface area contributed by atoms with Crippen molar-refractivity contribution in [2.24, 2.45) is 5.73 Å². The van der Waals surface area contributed by atoms with E-state index in [1.54, 1.807) is 0 Å². The van der Waals surface area contributed by atoms with Crippen LogP contribution in [0.4, 0.5) is 0 Å². The van der Waals surface area contributed by atoms with Crippen LogP contribution in [0, 0.1) is 11.3 Å². The van der Waals surface area contributed by atoms with Crippen molar-refractivity contribution in [3.63, 3.8) is 0 Å². The van der Waals surface area contributed by atoms with Crippen molar-refractivity contribution in [3.8, 4) is 6.07 Å². The summed E-state index contributed by atoms with van der Waals surface area (Å²) in [5, 5.41) is 8.99. The van der Waals surface area contributed by atoms with Crippen molar-refractivity contribution in [2.45, 2.75) is 31.2 Å². The maximum atomic E-state index is 8.99. The zero-order valence-corrected chi connectivity index (χ0v) is 9.39. The lowest BCUT2D eigenvalue weighted by Crippen LogP contribution is -2.33.